The van der Waals surface area contributed by atoms with Crippen LogP contribution >= 0.6 is 0 Å². The smallest absolute Gasteiger partial charge is 0.407 e. The van der Waals surface area contributed by atoms with Gasteiger partial charge in [-0.2, -0.15) is 0 Å². The fourth-order valence-electron chi connectivity index (χ4n) is 6.83. The van der Waals surface area contributed by atoms with Crippen molar-refractivity contribution in [3.8, 4) is 11.1 Å². The lowest BCUT2D eigenvalue weighted by atomic mass is 9.98. The second kappa shape index (κ2) is 34.5. The van der Waals surface area contributed by atoms with E-state index in [1.807, 2.05) is 24.3 Å². The quantitative estimate of drug-likeness (QED) is 0.0664. The van der Waals surface area contributed by atoms with Gasteiger partial charge in [0.25, 0.3) is 0 Å². The zero-order chi connectivity index (χ0) is 39.4. The van der Waals surface area contributed by atoms with Crippen molar-refractivity contribution in [1.82, 2.24) is 5.32 Å². The number of alkyl carbamates (subject to hydrolysis) is 1. The summed E-state index contributed by atoms with van der Waals surface area (Å²) in [4.78, 5) is 12.3. The number of ether oxygens (including phenoxy) is 8. The number of benzene rings is 2. The molecule has 0 fully saturated rings. The van der Waals surface area contributed by atoms with E-state index in [-0.39, 0.29) is 5.92 Å². The Bertz CT molecular complexity index is 1170. The van der Waals surface area contributed by atoms with E-state index in [1.165, 1.54) is 106 Å². The molecule has 0 aromatic heterocycles. The van der Waals surface area contributed by atoms with Crippen LogP contribution in [0.15, 0.2) is 48.5 Å². The number of amides is 1. The molecule has 56 heavy (non-hydrogen) atoms. The maximum Gasteiger partial charge on any atom is 0.407 e. The Morgan fingerprint density at radius 3 is 1.20 bits per heavy atom. The van der Waals surface area contributed by atoms with Gasteiger partial charge in [-0.05, 0) is 35.1 Å². The van der Waals surface area contributed by atoms with E-state index >= 15 is 0 Å². The zero-order valence-electron chi connectivity index (χ0n) is 34.8. The first kappa shape index (κ1) is 47.8. The molecule has 0 heterocycles. The molecule has 318 valence electrons. The average Bonchev–Trinajstić information content (AvgIpc) is 3.54. The van der Waals surface area contributed by atoms with E-state index in [0.717, 1.165) is 13.0 Å². The van der Waals surface area contributed by atoms with Crippen LogP contribution in [0.2, 0.25) is 0 Å². The van der Waals surface area contributed by atoms with E-state index < -0.39 is 6.09 Å². The van der Waals surface area contributed by atoms with Gasteiger partial charge >= 0.3 is 6.09 Å². The van der Waals surface area contributed by atoms with Gasteiger partial charge < -0.3 is 43.2 Å². The van der Waals surface area contributed by atoms with Gasteiger partial charge in [0.15, 0.2) is 0 Å². The van der Waals surface area contributed by atoms with Crippen molar-refractivity contribution in [1.29, 1.82) is 0 Å². The van der Waals surface area contributed by atoms with Crippen molar-refractivity contribution in [2.24, 2.45) is 0 Å². The summed E-state index contributed by atoms with van der Waals surface area (Å²) >= 11 is 0. The molecule has 1 N–H and O–H groups in total. The highest BCUT2D eigenvalue weighted by Gasteiger charge is 2.28. The number of carbonyl (C=O) groups is 1. The second-order valence-corrected chi connectivity index (χ2v) is 14.5. The van der Waals surface area contributed by atoms with Crippen LogP contribution in [0.4, 0.5) is 4.79 Å². The second-order valence-electron chi connectivity index (χ2n) is 14.5. The van der Waals surface area contributed by atoms with Crippen molar-refractivity contribution in [2.45, 2.75) is 109 Å². The SMILES string of the molecule is CCCCCCCCCCCCCCCCOCCOCCOCCOCCOCCOCCOCCCNC(=O)OCC1c2ccccc2-c2ccccc21. The Labute approximate surface area is 339 Å². The monoisotopic (exact) mass is 786 g/mol. The lowest BCUT2D eigenvalue weighted by Crippen LogP contribution is -2.27. The van der Waals surface area contributed by atoms with Crippen LogP contribution in [-0.2, 0) is 37.9 Å². The number of nitrogens with one attached hydrogen (secondary N) is 1. The Morgan fingerprint density at radius 1 is 0.446 bits per heavy atom. The average molecular weight is 786 g/mol. The van der Waals surface area contributed by atoms with Crippen molar-refractivity contribution in [3.63, 3.8) is 0 Å². The van der Waals surface area contributed by atoms with E-state index in [4.69, 9.17) is 37.9 Å². The first-order valence-corrected chi connectivity index (χ1v) is 21.9. The van der Waals surface area contributed by atoms with Gasteiger partial charge in [0.1, 0.15) is 6.61 Å². The molecule has 0 saturated carbocycles. The van der Waals surface area contributed by atoms with E-state index in [2.05, 4.69) is 36.5 Å². The number of fused-ring (bicyclic) bond motifs is 3. The summed E-state index contributed by atoms with van der Waals surface area (Å²) in [5.41, 5.74) is 4.84. The van der Waals surface area contributed by atoms with Gasteiger partial charge in [-0.15, -0.1) is 0 Å². The molecular formula is C46H75NO9. The summed E-state index contributed by atoms with van der Waals surface area (Å²) in [6.45, 7) is 10.9. The Balaban J connectivity index is 0.936. The highest BCUT2D eigenvalue weighted by molar-refractivity contribution is 5.79. The predicted octanol–water partition coefficient (Wildman–Crippen LogP) is 9.51. The summed E-state index contributed by atoms with van der Waals surface area (Å²) in [7, 11) is 0. The van der Waals surface area contributed by atoms with Crippen LogP contribution in [0.1, 0.15) is 120 Å². The van der Waals surface area contributed by atoms with E-state index in [1.54, 1.807) is 0 Å². The van der Waals surface area contributed by atoms with Gasteiger partial charge in [-0.25, -0.2) is 4.79 Å². The lowest BCUT2D eigenvalue weighted by molar-refractivity contribution is -0.0206. The molecule has 2 aromatic rings. The van der Waals surface area contributed by atoms with E-state index in [0.29, 0.717) is 105 Å². The molecule has 10 nitrogen and oxygen atoms in total. The van der Waals surface area contributed by atoms with Crippen LogP contribution in [-0.4, -0.2) is 112 Å². The minimum atomic E-state index is -0.406. The normalized spacial score (nSPS) is 12.2. The standard InChI is InChI=1S/C46H75NO9/c1-2-3-4-5-6-7-8-9-10-11-12-13-14-19-26-49-28-30-51-32-34-53-36-38-55-39-37-54-35-33-52-31-29-50-27-20-25-47-46(48)56-40-45-43-23-17-15-21-41(43)42-22-16-18-24-44(42)45/h15-18,21-24,45H,2-14,19-20,25-40H2,1H3,(H,47,48). The molecule has 0 saturated heterocycles. The van der Waals surface area contributed by atoms with Crippen molar-refractivity contribution in [2.75, 3.05) is 106 Å². The maximum atomic E-state index is 12.3. The zero-order valence-corrected chi connectivity index (χ0v) is 34.8. The van der Waals surface area contributed by atoms with Gasteiger partial charge in [-0.3, -0.25) is 0 Å². The Hall–Kier alpha value is -2.57. The summed E-state index contributed by atoms with van der Waals surface area (Å²) in [5, 5.41) is 2.82. The molecule has 1 aliphatic rings. The topological polar surface area (TPSA) is 103 Å². The largest absolute Gasteiger partial charge is 0.449 e. The molecule has 1 aliphatic carbocycles. The molecule has 0 aliphatic heterocycles. The van der Waals surface area contributed by atoms with Crippen molar-refractivity contribution < 1.29 is 42.7 Å². The molecule has 3 rings (SSSR count). The van der Waals surface area contributed by atoms with Crippen LogP contribution < -0.4 is 5.32 Å². The minimum absolute atomic E-state index is 0.0568. The maximum absolute atomic E-state index is 12.3. The minimum Gasteiger partial charge on any atom is -0.449 e. The first-order valence-electron chi connectivity index (χ1n) is 21.9. The van der Waals surface area contributed by atoms with Gasteiger partial charge in [0.2, 0.25) is 0 Å². The highest BCUT2D eigenvalue weighted by Crippen LogP contribution is 2.44. The fraction of sp³-hybridized carbons (Fsp3) is 0.717. The number of unbranched alkanes of at least 4 members (excludes halogenated alkanes) is 13. The molecule has 0 bridgehead atoms. The summed E-state index contributed by atoms with van der Waals surface area (Å²) in [5.74, 6) is 0.0568. The fourth-order valence-corrected chi connectivity index (χ4v) is 6.83. The number of hydrogen-bond acceptors (Lipinski definition) is 9. The molecule has 0 unspecified atom stereocenters. The molecule has 0 radical (unpaired) electrons. The Kier molecular flexibility index (Phi) is 29.4. The van der Waals surface area contributed by atoms with E-state index in [9.17, 15) is 4.79 Å². The van der Waals surface area contributed by atoms with Crippen LogP contribution in [0, 0.1) is 0 Å². The summed E-state index contributed by atoms with van der Waals surface area (Å²) < 4.78 is 44.6. The van der Waals surface area contributed by atoms with Crippen LogP contribution in [0.3, 0.4) is 0 Å². The molecule has 2 aromatic carbocycles. The van der Waals surface area contributed by atoms with Gasteiger partial charge in [-0.1, -0.05) is 139 Å². The third-order valence-corrected chi connectivity index (χ3v) is 9.95. The number of carbonyl (C=O) groups excluding carboxylic acids is 1. The van der Waals surface area contributed by atoms with Crippen molar-refractivity contribution in [3.05, 3.63) is 59.7 Å². The predicted molar refractivity (Wildman–Crippen MR) is 224 cm³/mol. The highest BCUT2D eigenvalue weighted by atomic mass is 16.6. The number of rotatable bonds is 39. The lowest BCUT2D eigenvalue weighted by Gasteiger charge is -2.14. The molecular weight excluding hydrogens is 711 g/mol. The van der Waals surface area contributed by atoms with Crippen LogP contribution in [0.25, 0.3) is 11.1 Å². The van der Waals surface area contributed by atoms with Crippen molar-refractivity contribution >= 4 is 6.09 Å². The first-order chi connectivity index (χ1) is 27.8. The third-order valence-electron chi connectivity index (χ3n) is 9.95. The molecule has 1 amide bonds. The number of hydrogen-bond donors (Lipinski definition) is 1. The van der Waals surface area contributed by atoms with Gasteiger partial charge in [0.05, 0.1) is 79.3 Å². The van der Waals surface area contributed by atoms with Crippen LogP contribution in [0.5, 0.6) is 0 Å². The summed E-state index contributed by atoms with van der Waals surface area (Å²) in [6.07, 6.45) is 19.5. The molecule has 10 heteroatoms. The Morgan fingerprint density at radius 2 is 0.786 bits per heavy atom. The summed E-state index contributed by atoms with van der Waals surface area (Å²) in [6, 6.07) is 16.6. The molecule has 0 atom stereocenters. The molecule has 0 spiro atoms. The van der Waals surface area contributed by atoms with Gasteiger partial charge in [0, 0.05) is 25.7 Å². The third kappa shape index (κ3) is 23.0.